The molecule has 2 rings (SSSR count). The van der Waals surface area contributed by atoms with Crippen LogP contribution in [-0.2, 0) is 9.47 Å². The first kappa shape index (κ1) is 13.6. The number of nitrogens with one attached hydrogen (secondary N) is 2. The minimum absolute atomic E-state index is 0.0515. The molecule has 0 aromatic heterocycles. The summed E-state index contributed by atoms with van der Waals surface area (Å²) in [5.41, 5.74) is -0.139. The van der Waals surface area contributed by atoms with E-state index in [2.05, 4.69) is 17.6 Å². The number of hydrogen-bond acceptors (Lipinski definition) is 3. The fourth-order valence-corrected chi connectivity index (χ4v) is 2.63. The van der Waals surface area contributed by atoms with Gasteiger partial charge in [-0.2, -0.15) is 0 Å². The van der Waals surface area contributed by atoms with Crippen molar-refractivity contribution >= 4 is 6.03 Å². The lowest BCUT2D eigenvalue weighted by Crippen LogP contribution is -2.51. The minimum Gasteiger partial charge on any atom is -0.378 e. The molecule has 2 fully saturated rings. The van der Waals surface area contributed by atoms with Crippen LogP contribution in [0.1, 0.15) is 39.0 Å². The molecule has 2 aliphatic rings. The second-order valence-electron chi connectivity index (χ2n) is 5.28. The summed E-state index contributed by atoms with van der Waals surface area (Å²) in [5, 5.41) is 5.93. The molecule has 2 N–H and O–H groups in total. The van der Waals surface area contributed by atoms with Gasteiger partial charge in [0, 0.05) is 32.2 Å². The van der Waals surface area contributed by atoms with Crippen LogP contribution < -0.4 is 10.6 Å². The highest BCUT2D eigenvalue weighted by Crippen LogP contribution is 2.32. The number of unbranched alkanes of at least 4 members (excludes halogenated alkanes) is 1. The number of hydrogen-bond donors (Lipinski definition) is 2. The molecular formula is C13H24N2O3. The van der Waals surface area contributed by atoms with Gasteiger partial charge in [-0.05, 0) is 19.3 Å². The van der Waals surface area contributed by atoms with Crippen molar-refractivity contribution in [3.8, 4) is 0 Å². The smallest absolute Gasteiger partial charge is 0.315 e. The Morgan fingerprint density at radius 3 is 3.06 bits per heavy atom. The Balaban J connectivity index is 1.73. The Morgan fingerprint density at radius 2 is 2.33 bits per heavy atom. The maximum absolute atomic E-state index is 11.7. The quantitative estimate of drug-likeness (QED) is 0.748. The van der Waals surface area contributed by atoms with E-state index in [-0.39, 0.29) is 17.7 Å². The molecule has 0 aromatic carbocycles. The third-order valence-electron chi connectivity index (χ3n) is 3.71. The molecule has 0 aliphatic carbocycles. The second kappa shape index (κ2) is 6.38. The molecule has 0 saturated carbocycles. The van der Waals surface area contributed by atoms with Crippen molar-refractivity contribution in [2.45, 2.75) is 50.7 Å². The van der Waals surface area contributed by atoms with Crippen molar-refractivity contribution in [1.29, 1.82) is 0 Å². The Morgan fingerprint density at radius 1 is 1.44 bits per heavy atom. The fraction of sp³-hybridized carbons (Fsp3) is 0.923. The highest BCUT2D eigenvalue weighted by atomic mass is 16.6. The van der Waals surface area contributed by atoms with E-state index in [4.69, 9.17) is 9.47 Å². The van der Waals surface area contributed by atoms with Gasteiger partial charge in [-0.15, -0.1) is 0 Å². The molecule has 1 spiro atoms. The molecule has 104 valence electrons. The highest BCUT2D eigenvalue weighted by molar-refractivity contribution is 5.74. The SMILES string of the molecule is CCCCNC(=O)NC1CCOC2(CCOC2)C1. The molecule has 0 bridgehead atoms. The predicted octanol–water partition coefficient (Wildman–Crippen LogP) is 1.42. The number of carbonyl (C=O) groups excluding carboxylic acids is 1. The Kier molecular flexibility index (Phi) is 4.83. The molecule has 2 amide bonds. The normalized spacial score (nSPS) is 31.5. The van der Waals surface area contributed by atoms with Crippen LogP contribution in [0.15, 0.2) is 0 Å². The zero-order valence-electron chi connectivity index (χ0n) is 11.2. The highest BCUT2D eigenvalue weighted by Gasteiger charge is 2.41. The largest absolute Gasteiger partial charge is 0.378 e. The van der Waals surface area contributed by atoms with Gasteiger partial charge in [-0.1, -0.05) is 13.3 Å². The van der Waals surface area contributed by atoms with Crippen molar-refractivity contribution in [2.24, 2.45) is 0 Å². The van der Waals surface area contributed by atoms with Crippen LogP contribution in [0.4, 0.5) is 4.79 Å². The maximum Gasteiger partial charge on any atom is 0.315 e. The summed E-state index contributed by atoms with van der Waals surface area (Å²) in [5.74, 6) is 0. The van der Waals surface area contributed by atoms with E-state index in [1.165, 1.54) is 0 Å². The molecule has 2 saturated heterocycles. The number of carbonyl (C=O) groups is 1. The summed E-state index contributed by atoms with van der Waals surface area (Å²) in [6.07, 6.45) is 4.83. The monoisotopic (exact) mass is 256 g/mol. The lowest BCUT2D eigenvalue weighted by molar-refractivity contribution is -0.0878. The summed E-state index contributed by atoms with van der Waals surface area (Å²) in [6.45, 7) is 5.02. The zero-order valence-corrected chi connectivity index (χ0v) is 11.2. The average Bonchev–Trinajstić information content (AvgIpc) is 2.77. The second-order valence-corrected chi connectivity index (χ2v) is 5.28. The molecule has 2 heterocycles. The van der Waals surface area contributed by atoms with E-state index in [0.717, 1.165) is 45.3 Å². The van der Waals surface area contributed by atoms with Gasteiger partial charge in [0.1, 0.15) is 0 Å². The van der Waals surface area contributed by atoms with Crippen LogP contribution in [0.25, 0.3) is 0 Å². The first-order valence-electron chi connectivity index (χ1n) is 7.00. The molecule has 0 aromatic rings. The number of rotatable bonds is 4. The van der Waals surface area contributed by atoms with E-state index < -0.39 is 0 Å². The number of amides is 2. The van der Waals surface area contributed by atoms with Crippen LogP contribution in [0.3, 0.4) is 0 Å². The average molecular weight is 256 g/mol. The van der Waals surface area contributed by atoms with E-state index in [1.807, 2.05) is 0 Å². The number of urea groups is 1. The van der Waals surface area contributed by atoms with Crippen molar-refractivity contribution in [2.75, 3.05) is 26.4 Å². The summed E-state index contributed by atoms with van der Waals surface area (Å²) < 4.78 is 11.3. The van der Waals surface area contributed by atoms with Gasteiger partial charge in [0.05, 0.1) is 12.2 Å². The van der Waals surface area contributed by atoms with Crippen LogP contribution in [0.5, 0.6) is 0 Å². The summed E-state index contributed by atoms with van der Waals surface area (Å²) in [6, 6.07) is 0.159. The van der Waals surface area contributed by atoms with Crippen LogP contribution in [0, 0.1) is 0 Å². The Bertz CT molecular complexity index is 277. The molecular weight excluding hydrogens is 232 g/mol. The van der Waals surface area contributed by atoms with Crippen LogP contribution in [-0.4, -0.2) is 44.0 Å². The lowest BCUT2D eigenvalue weighted by Gasteiger charge is -2.37. The van der Waals surface area contributed by atoms with E-state index in [0.29, 0.717) is 13.2 Å². The summed E-state index contributed by atoms with van der Waals surface area (Å²) in [4.78, 5) is 11.7. The summed E-state index contributed by atoms with van der Waals surface area (Å²) >= 11 is 0. The number of ether oxygens (including phenoxy) is 2. The van der Waals surface area contributed by atoms with E-state index in [9.17, 15) is 4.79 Å². The van der Waals surface area contributed by atoms with Gasteiger partial charge < -0.3 is 20.1 Å². The van der Waals surface area contributed by atoms with Gasteiger partial charge in [0.2, 0.25) is 0 Å². The fourth-order valence-electron chi connectivity index (χ4n) is 2.63. The third kappa shape index (κ3) is 3.59. The molecule has 2 atom stereocenters. The van der Waals surface area contributed by atoms with Gasteiger partial charge in [0.25, 0.3) is 0 Å². The topological polar surface area (TPSA) is 59.6 Å². The van der Waals surface area contributed by atoms with Crippen molar-refractivity contribution in [1.82, 2.24) is 10.6 Å². The molecule has 5 heteroatoms. The molecule has 18 heavy (non-hydrogen) atoms. The molecule has 5 nitrogen and oxygen atoms in total. The van der Waals surface area contributed by atoms with Gasteiger partial charge in [0.15, 0.2) is 0 Å². The minimum atomic E-state index is -0.139. The van der Waals surface area contributed by atoms with Crippen LogP contribution >= 0.6 is 0 Å². The summed E-state index contributed by atoms with van der Waals surface area (Å²) in [7, 11) is 0. The lowest BCUT2D eigenvalue weighted by atomic mass is 9.90. The van der Waals surface area contributed by atoms with Crippen LogP contribution in [0.2, 0.25) is 0 Å². The molecule has 0 radical (unpaired) electrons. The Labute approximate surface area is 109 Å². The third-order valence-corrected chi connectivity index (χ3v) is 3.71. The van der Waals surface area contributed by atoms with Gasteiger partial charge >= 0.3 is 6.03 Å². The van der Waals surface area contributed by atoms with E-state index >= 15 is 0 Å². The van der Waals surface area contributed by atoms with Crippen molar-refractivity contribution in [3.63, 3.8) is 0 Å². The van der Waals surface area contributed by atoms with Gasteiger partial charge in [-0.25, -0.2) is 4.79 Å². The standard InChI is InChI=1S/C13H24N2O3/c1-2-3-6-14-12(16)15-11-4-7-18-13(9-11)5-8-17-10-13/h11H,2-10H2,1H3,(H2,14,15,16). The molecule has 2 aliphatic heterocycles. The first-order valence-corrected chi connectivity index (χ1v) is 7.00. The van der Waals surface area contributed by atoms with E-state index in [1.54, 1.807) is 0 Å². The van der Waals surface area contributed by atoms with Gasteiger partial charge in [-0.3, -0.25) is 0 Å². The predicted molar refractivity (Wildman–Crippen MR) is 68.6 cm³/mol. The van der Waals surface area contributed by atoms with Crippen molar-refractivity contribution < 1.29 is 14.3 Å². The van der Waals surface area contributed by atoms with Crippen molar-refractivity contribution in [3.05, 3.63) is 0 Å². The first-order chi connectivity index (χ1) is 8.74. The molecule has 2 unspecified atom stereocenters. The zero-order chi connectivity index (χ0) is 12.8. The Hall–Kier alpha value is -0.810. The maximum atomic E-state index is 11.7.